The maximum absolute atomic E-state index is 9.40. The minimum Gasteiger partial charge on any atom is -0.433 e. The van der Waals surface area contributed by atoms with Crippen LogP contribution >= 0.6 is 0 Å². The molecule has 0 atom stereocenters. The van der Waals surface area contributed by atoms with Gasteiger partial charge in [-0.2, -0.15) is 0 Å². The van der Waals surface area contributed by atoms with Gasteiger partial charge in [0, 0.05) is 0 Å². The van der Waals surface area contributed by atoms with Crippen molar-refractivity contribution < 1.29 is 4.80 Å². The van der Waals surface area contributed by atoms with E-state index in [1.807, 2.05) is 6.07 Å². The summed E-state index contributed by atoms with van der Waals surface area (Å²) in [6, 6.07) is 14.7. The Labute approximate surface area is 98.7 Å². The second-order valence-electron chi connectivity index (χ2n) is 4.11. The van der Waals surface area contributed by atoms with Crippen molar-refractivity contribution in [1.82, 2.24) is 0 Å². The molecule has 0 bridgehead atoms. The van der Waals surface area contributed by atoms with Gasteiger partial charge in [0.25, 0.3) is 0 Å². The third kappa shape index (κ3) is 2.08. The maximum atomic E-state index is 9.40. The van der Waals surface area contributed by atoms with E-state index in [0.717, 1.165) is 0 Å². The molecule has 0 amide bonds. The van der Waals surface area contributed by atoms with E-state index in [1.165, 1.54) is 27.4 Å². The van der Waals surface area contributed by atoms with E-state index in [2.05, 4.69) is 50.2 Å². The highest BCUT2D eigenvalue weighted by molar-refractivity contribution is 6.47. The van der Waals surface area contributed by atoms with Crippen LogP contribution < -0.4 is 5.19 Å². The fourth-order valence-corrected chi connectivity index (χ4v) is 2.74. The van der Waals surface area contributed by atoms with E-state index >= 15 is 0 Å². The fraction of sp³-hybridized carbons (Fsp3) is 0.143. The molecule has 0 fully saturated rings. The zero-order valence-electron chi connectivity index (χ0n) is 9.70. The van der Waals surface area contributed by atoms with Crippen LogP contribution in [0.15, 0.2) is 42.5 Å². The summed E-state index contributed by atoms with van der Waals surface area (Å²) in [5.74, 6) is 0. The molecule has 82 valence electrons. The predicted molar refractivity (Wildman–Crippen MR) is 71.7 cm³/mol. The average Bonchev–Trinajstić information content (AvgIpc) is 2.30. The number of rotatable bonds is 2. The zero-order valence-corrected chi connectivity index (χ0v) is 11.1. The molecule has 0 aliphatic rings. The van der Waals surface area contributed by atoms with Crippen molar-refractivity contribution in [2.24, 2.45) is 0 Å². The lowest BCUT2D eigenvalue weighted by Crippen LogP contribution is -2.20. The van der Waals surface area contributed by atoms with E-state index in [1.54, 1.807) is 0 Å². The average molecular weight is 228 g/mol. The summed E-state index contributed by atoms with van der Waals surface area (Å²) in [4.78, 5) is 9.40. The van der Waals surface area contributed by atoms with Gasteiger partial charge in [0.15, 0.2) is 9.76 Å². The topological polar surface area (TPSA) is 20.2 Å². The van der Waals surface area contributed by atoms with Crippen molar-refractivity contribution in [3.63, 3.8) is 0 Å². The molecule has 2 aromatic carbocycles. The van der Waals surface area contributed by atoms with Gasteiger partial charge in [0.1, 0.15) is 0 Å². The molecule has 1 nitrogen and oxygen atoms in total. The van der Waals surface area contributed by atoms with Crippen molar-refractivity contribution in [3.05, 3.63) is 53.6 Å². The first-order valence-electron chi connectivity index (χ1n) is 5.49. The lowest BCUT2D eigenvalue weighted by molar-refractivity contribution is 0.615. The molecule has 2 aromatic rings. The third-order valence-electron chi connectivity index (χ3n) is 2.96. The minimum atomic E-state index is -1.06. The van der Waals surface area contributed by atoms with Gasteiger partial charge in [0.05, 0.1) is 0 Å². The molecule has 2 rings (SSSR count). The molecule has 0 heterocycles. The van der Waals surface area contributed by atoms with Crippen molar-refractivity contribution in [2.75, 3.05) is 0 Å². The first-order chi connectivity index (χ1) is 7.72. The SMILES string of the molecule is Cc1cc(-c2ccccc2)cc(C)c1[SiH2]O. The Morgan fingerprint density at radius 3 is 1.94 bits per heavy atom. The van der Waals surface area contributed by atoms with E-state index in [9.17, 15) is 4.80 Å². The molecular formula is C14H16OSi. The molecule has 0 unspecified atom stereocenters. The van der Waals surface area contributed by atoms with Crippen LogP contribution in [0.4, 0.5) is 0 Å². The summed E-state index contributed by atoms with van der Waals surface area (Å²) < 4.78 is 0. The van der Waals surface area contributed by atoms with Crippen molar-refractivity contribution in [1.29, 1.82) is 0 Å². The Kier molecular flexibility index (Phi) is 3.22. The van der Waals surface area contributed by atoms with Crippen LogP contribution in [0.1, 0.15) is 11.1 Å². The second-order valence-corrected chi connectivity index (χ2v) is 5.14. The van der Waals surface area contributed by atoms with Crippen molar-refractivity contribution in [2.45, 2.75) is 13.8 Å². The van der Waals surface area contributed by atoms with Gasteiger partial charge >= 0.3 is 0 Å². The first-order valence-corrected chi connectivity index (χ1v) is 6.82. The van der Waals surface area contributed by atoms with E-state index in [0.29, 0.717) is 0 Å². The molecule has 0 aromatic heterocycles. The monoisotopic (exact) mass is 228 g/mol. The summed E-state index contributed by atoms with van der Waals surface area (Å²) in [6.45, 7) is 4.16. The summed E-state index contributed by atoms with van der Waals surface area (Å²) in [6.07, 6.45) is 0. The minimum absolute atomic E-state index is 1.06. The number of benzene rings is 2. The molecule has 0 saturated heterocycles. The quantitative estimate of drug-likeness (QED) is 0.775. The molecule has 0 saturated carbocycles. The lowest BCUT2D eigenvalue weighted by Gasteiger charge is -2.10. The normalized spacial score (nSPS) is 11.2. The van der Waals surface area contributed by atoms with Gasteiger partial charge in [-0.05, 0) is 41.3 Å². The molecule has 0 spiro atoms. The highest BCUT2D eigenvalue weighted by Gasteiger charge is 2.05. The second kappa shape index (κ2) is 4.64. The van der Waals surface area contributed by atoms with Crippen LogP contribution in [-0.2, 0) is 0 Å². The molecular weight excluding hydrogens is 212 g/mol. The van der Waals surface area contributed by atoms with Crippen LogP contribution in [0.5, 0.6) is 0 Å². The highest BCUT2D eigenvalue weighted by atomic mass is 28.2. The van der Waals surface area contributed by atoms with Gasteiger partial charge in [-0.25, -0.2) is 0 Å². The van der Waals surface area contributed by atoms with Gasteiger partial charge in [0.2, 0.25) is 0 Å². The van der Waals surface area contributed by atoms with Crippen LogP contribution in [0.25, 0.3) is 11.1 Å². The molecule has 1 N–H and O–H groups in total. The van der Waals surface area contributed by atoms with Crippen LogP contribution in [-0.4, -0.2) is 14.6 Å². The maximum Gasteiger partial charge on any atom is 0.188 e. The Hall–Kier alpha value is -1.38. The lowest BCUT2D eigenvalue weighted by atomic mass is 10.0. The summed E-state index contributed by atoms with van der Waals surface area (Å²) >= 11 is 0. The van der Waals surface area contributed by atoms with Crippen LogP contribution in [0.2, 0.25) is 0 Å². The number of hydrogen-bond acceptors (Lipinski definition) is 1. The number of hydrogen-bond donors (Lipinski definition) is 1. The summed E-state index contributed by atoms with van der Waals surface area (Å²) in [7, 11) is -1.06. The predicted octanol–water partition coefficient (Wildman–Crippen LogP) is 1.67. The van der Waals surface area contributed by atoms with Gasteiger partial charge in [-0.15, -0.1) is 0 Å². The Morgan fingerprint density at radius 2 is 1.44 bits per heavy atom. The zero-order chi connectivity index (χ0) is 11.5. The van der Waals surface area contributed by atoms with Crippen molar-refractivity contribution >= 4 is 14.9 Å². The largest absolute Gasteiger partial charge is 0.433 e. The smallest absolute Gasteiger partial charge is 0.188 e. The Balaban J connectivity index is 2.53. The van der Waals surface area contributed by atoms with Crippen LogP contribution in [0, 0.1) is 13.8 Å². The van der Waals surface area contributed by atoms with E-state index in [-0.39, 0.29) is 0 Å². The van der Waals surface area contributed by atoms with Crippen molar-refractivity contribution in [3.8, 4) is 11.1 Å². The number of aryl methyl sites for hydroxylation is 2. The first kappa shape index (κ1) is 11.1. The summed E-state index contributed by atoms with van der Waals surface area (Å²) in [5.41, 5.74) is 4.91. The van der Waals surface area contributed by atoms with Crippen LogP contribution in [0.3, 0.4) is 0 Å². The Bertz CT molecular complexity index is 468. The summed E-state index contributed by atoms with van der Waals surface area (Å²) in [5, 5.41) is 1.18. The highest BCUT2D eigenvalue weighted by Crippen LogP contribution is 2.20. The molecule has 0 aliphatic heterocycles. The van der Waals surface area contributed by atoms with Gasteiger partial charge < -0.3 is 4.80 Å². The standard InChI is InChI=1S/C14H16OSi/c1-10-8-13(9-11(2)14(10)16-15)12-6-4-3-5-7-12/h3-9,15H,16H2,1-2H3. The van der Waals surface area contributed by atoms with E-state index < -0.39 is 9.76 Å². The third-order valence-corrected chi connectivity index (χ3v) is 4.39. The molecule has 0 radical (unpaired) electrons. The Morgan fingerprint density at radius 1 is 0.875 bits per heavy atom. The van der Waals surface area contributed by atoms with Gasteiger partial charge in [-0.1, -0.05) is 42.5 Å². The molecule has 16 heavy (non-hydrogen) atoms. The molecule has 2 heteroatoms. The van der Waals surface area contributed by atoms with Gasteiger partial charge in [-0.3, -0.25) is 0 Å². The fourth-order valence-electron chi connectivity index (χ4n) is 2.04. The molecule has 0 aliphatic carbocycles. The van der Waals surface area contributed by atoms with E-state index in [4.69, 9.17) is 0 Å².